The van der Waals surface area contributed by atoms with Gasteiger partial charge < -0.3 is 9.32 Å². The molecule has 0 radical (unpaired) electrons. The molecule has 1 saturated heterocycles. The van der Waals surface area contributed by atoms with Crippen LogP contribution in [-0.2, 0) is 6.67 Å². The van der Waals surface area contributed by atoms with E-state index in [1.54, 1.807) is 17.1 Å². The molecule has 0 amide bonds. The molecule has 0 aliphatic carbocycles. The molecule has 18 heavy (non-hydrogen) atoms. The summed E-state index contributed by atoms with van der Waals surface area (Å²) in [5, 5.41) is 4.43. The molecule has 3 heterocycles. The van der Waals surface area contributed by atoms with Crippen LogP contribution < -0.4 is 4.90 Å². The van der Waals surface area contributed by atoms with E-state index in [0.29, 0.717) is 10.7 Å². The second-order valence-electron chi connectivity index (χ2n) is 4.53. The zero-order chi connectivity index (χ0) is 12.4. The smallest absolute Gasteiger partial charge is 0.292 e. The highest BCUT2D eigenvalue weighted by molar-refractivity contribution is 7.71. The molecule has 1 fully saturated rings. The van der Waals surface area contributed by atoms with Crippen molar-refractivity contribution in [3.05, 3.63) is 29.4 Å². The van der Waals surface area contributed by atoms with E-state index in [9.17, 15) is 0 Å². The summed E-state index contributed by atoms with van der Waals surface area (Å²) in [6, 6.07) is 3.78. The van der Waals surface area contributed by atoms with E-state index in [4.69, 9.17) is 16.6 Å². The van der Waals surface area contributed by atoms with E-state index >= 15 is 0 Å². The van der Waals surface area contributed by atoms with Gasteiger partial charge in [-0.25, -0.2) is 0 Å². The van der Waals surface area contributed by atoms with Crippen LogP contribution in [0.1, 0.15) is 12.8 Å². The van der Waals surface area contributed by atoms with Crippen LogP contribution in [0.4, 0.5) is 0 Å². The summed E-state index contributed by atoms with van der Waals surface area (Å²) in [5.41, 5.74) is 0.860. The second-order valence-corrected chi connectivity index (χ2v) is 4.88. The summed E-state index contributed by atoms with van der Waals surface area (Å²) in [6.45, 7) is 3.18. The molecule has 0 unspecified atom stereocenters. The molecule has 94 valence electrons. The summed E-state index contributed by atoms with van der Waals surface area (Å²) in [6.07, 6.45) is 6.03. The SMILES string of the molecule is S=c1oc(-c2cccnc2)nn1C[NH+]1CCCC1. The molecule has 5 nitrogen and oxygen atoms in total. The number of rotatable bonds is 3. The molecule has 3 rings (SSSR count). The van der Waals surface area contributed by atoms with Crippen molar-refractivity contribution in [3.8, 4) is 11.5 Å². The van der Waals surface area contributed by atoms with Crippen LogP contribution in [0.15, 0.2) is 28.9 Å². The molecule has 6 heteroatoms. The molecule has 0 atom stereocenters. The number of aromatic nitrogens is 3. The molecule has 0 spiro atoms. The quantitative estimate of drug-likeness (QED) is 0.836. The van der Waals surface area contributed by atoms with Gasteiger partial charge in [-0.3, -0.25) is 4.98 Å². The topological polar surface area (TPSA) is 48.3 Å². The highest BCUT2D eigenvalue weighted by Gasteiger charge is 2.18. The highest BCUT2D eigenvalue weighted by Crippen LogP contribution is 2.15. The van der Waals surface area contributed by atoms with Gasteiger partial charge in [0, 0.05) is 25.2 Å². The Morgan fingerprint density at radius 3 is 2.94 bits per heavy atom. The summed E-state index contributed by atoms with van der Waals surface area (Å²) in [4.78, 5) is 6.00. The number of pyridine rings is 1. The summed E-state index contributed by atoms with van der Waals surface area (Å²) >= 11 is 5.21. The monoisotopic (exact) mass is 263 g/mol. The number of likely N-dealkylation sites (tertiary alicyclic amines) is 1. The van der Waals surface area contributed by atoms with E-state index in [0.717, 1.165) is 12.2 Å². The first kappa shape index (κ1) is 11.6. The third-order valence-corrected chi connectivity index (χ3v) is 3.49. The lowest BCUT2D eigenvalue weighted by Crippen LogP contribution is -3.09. The molecule has 1 N–H and O–H groups in total. The van der Waals surface area contributed by atoms with Crippen LogP contribution in [-0.4, -0.2) is 27.9 Å². The Kier molecular flexibility index (Phi) is 3.21. The molecule has 0 saturated carbocycles. The minimum Gasteiger partial charge on any atom is -0.409 e. The fourth-order valence-electron chi connectivity index (χ4n) is 2.26. The van der Waals surface area contributed by atoms with Crippen molar-refractivity contribution in [1.82, 2.24) is 14.8 Å². The van der Waals surface area contributed by atoms with E-state index < -0.39 is 0 Å². The summed E-state index contributed by atoms with van der Waals surface area (Å²) in [7, 11) is 0. The van der Waals surface area contributed by atoms with Crippen molar-refractivity contribution >= 4 is 12.2 Å². The van der Waals surface area contributed by atoms with E-state index in [-0.39, 0.29) is 0 Å². The molecule has 1 aliphatic rings. The zero-order valence-electron chi connectivity index (χ0n) is 10.0. The van der Waals surface area contributed by atoms with Crippen molar-refractivity contribution < 1.29 is 9.32 Å². The van der Waals surface area contributed by atoms with Gasteiger partial charge in [0.2, 0.25) is 5.89 Å². The first-order chi connectivity index (χ1) is 8.83. The molecular weight excluding hydrogens is 248 g/mol. The zero-order valence-corrected chi connectivity index (χ0v) is 10.8. The Balaban J connectivity index is 1.84. The molecule has 1 aliphatic heterocycles. The number of nitrogens with zero attached hydrogens (tertiary/aromatic N) is 3. The van der Waals surface area contributed by atoms with E-state index in [2.05, 4.69) is 10.1 Å². The van der Waals surface area contributed by atoms with Gasteiger partial charge in [0.05, 0.1) is 18.7 Å². The lowest BCUT2D eigenvalue weighted by atomic mass is 10.3. The Morgan fingerprint density at radius 2 is 2.22 bits per heavy atom. The van der Waals surface area contributed by atoms with Gasteiger partial charge in [0.25, 0.3) is 4.84 Å². The van der Waals surface area contributed by atoms with Crippen LogP contribution in [0.5, 0.6) is 0 Å². The predicted octanol–water partition coefficient (Wildman–Crippen LogP) is 0.904. The van der Waals surface area contributed by atoms with Crippen molar-refractivity contribution in [2.45, 2.75) is 19.5 Å². The Labute approximate surface area is 110 Å². The number of hydrogen-bond acceptors (Lipinski definition) is 4. The number of hydrogen-bond donors (Lipinski definition) is 1. The third-order valence-electron chi connectivity index (χ3n) is 3.20. The molecule has 2 aromatic heterocycles. The second kappa shape index (κ2) is 4.99. The van der Waals surface area contributed by atoms with Gasteiger partial charge in [-0.15, -0.1) is 5.10 Å². The minimum atomic E-state index is 0.438. The van der Waals surface area contributed by atoms with Crippen LogP contribution >= 0.6 is 12.2 Å². The van der Waals surface area contributed by atoms with Crippen LogP contribution in [0.2, 0.25) is 0 Å². The fourth-order valence-corrected chi connectivity index (χ4v) is 2.44. The van der Waals surface area contributed by atoms with Gasteiger partial charge in [0.1, 0.15) is 0 Å². The third kappa shape index (κ3) is 2.34. The Morgan fingerprint density at radius 1 is 1.39 bits per heavy atom. The maximum absolute atomic E-state index is 5.52. The average Bonchev–Trinajstić information content (AvgIpc) is 3.02. The van der Waals surface area contributed by atoms with E-state index in [1.165, 1.54) is 30.8 Å². The van der Waals surface area contributed by atoms with Crippen molar-refractivity contribution in [2.75, 3.05) is 13.1 Å². The lowest BCUT2D eigenvalue weighted by molar-refractivity contribution is -0.911. The van der Waals surface area contributed by atoms with Gasteiger partial charge in [-0.1, -0.05) is 0 Å². The van der Waals surface area contributed by atoms with Gasteiger partial charge in [-0.2, -0.15) is 4.68 Å². The average molecular weight is 263 g/mol. The van der Waals surface area contributed by atoms with Crippen LogP contribution in [0, 0.1) is 4.84 Å². The largest absolute Gasteiger partial charge is 0.409 e. The van der Waals surface area contributed by atoms with Gasteiger partial charge in [-0.05, 0) is 24.4 Å². The normalized spacial score (nSPS) is 16.2. The Hall–Kier alpha value is -1.53. The van der Waals surface area contributed by atoms with Gasteiger partial charge in [0.15, 0.2) is 6.67 Å². The molecular formula is C12H15N4OS+. The minimum absolute atomic E-state index is 0.438. The van der Waals surface area contributed by atoms with Crippen LogP contribution in [0.25, 0.3) is 11.5 Å². The molecule has 0 aromatic carbocycles. The molecule has 0 bridgehead atoms. The standard InChI is InChI=1S/C12H14N4OS/c18-12-16(9-15-6-1-2-7-15)14-11(17-12)10-4-3-5-13-8-10/h3-5,8H,1-2,6-7,9H2/p+1. The highest BCUT2D eigenvalue weighted by atomic mass is 32.1. The lowest BCUT2D eigenvalue weighted by Gasteiger charge is -2.10. The van der Waals surface area contributed by atoms with E-state index in [1.807, 2.05) is 12.1 Å². The Bertz CT molecular complexity index is 571. The maximum atomic E-state index is 5.52. The maximum Gasteiger partial charge on any atom is 0.292 e. The summed E-state index contributed by atoms with van der Waals surface area (Å²) in [5.74, 6) is 0.548. The first-order valence-electron chi connectivity index (χ1n) is 6.15. The number of nitrogens with one attached hydrogen (secondary N) is 1. The van der Waals surface area contributed by atoms with Crippen molar-refractivity contribution in [3.63, 3.8) is 0 Å². The van der Waals surface area contributed by atoms with Crippen molar-refractivity contribution in [1.29, 1.82) is 0 Å². The fraction of sp³-hybridized carbons (Fsp3) is 0.417. The van der Waals surface area contributed by atoms with Crippen LogP contribution in [0.3, 0.4) is 0 Å². The summed E-state index contributed by atoms with van der Waals surface area (Å²) < 4.78 is 7.30. The first-order valence-corrected chi connectivity index (χ1v) is 6.56. The van der Waals surface area contributed by atoms with Gasteiger partial charge >= 0.3 is 0 Å². The molecule has 2 aromatic rings. The number of quaternary nitrogens is 1. The predicted molar refractivity (Wildman–Crippen MR) is 68.5 cm³/mol. The van der Waals surface area contributed by atoms with Crippen molar-refractivity contribution in [2.24, 2.45) is 0 Å².